The Balaban J connectivity index is 1.50. The van der Waals surface area contributed by atoms with Gasteiger partial charge in [-0.2, -0.15) is 0 Å². The van der Waals surface area contributed by atoms with Gasteiger partial charge in [-0.05, 0) is 54.8 Å². The van der Waals surface area contributed by atoms with E-state index in [9.17, 15) is 4.79 Å². The van der Waals surface area contributed by atoms with Crippen LogP contribution in [0.25, 0.3) is 0 Å². The van der Waals surface area contributed by atoms with E-state index in [0.29, 0.717) is 6.42 Å². The van der Waals surface area contributed by atoms with Gasteiger partial charge in [0, 0.05) is 49.5 Å². The number of piperazine rings is 1. The third kappa shape index (κ3) is 5.97. The molecule has 0 aliphatic carbocycles. The van der Waals surface area contributed by atoms with Gasteiger partial charge in [0.1, 0.15) is 11.9 Å². The average molecular weight is 414 g/mol. The number of hydrogen-bond donors (Lipinski definition) is 1. The predicted molar refractivity (Wildman–Crippen MR) is 118 cm³/mol. The molecule has 2 aromatic rings. The highest BCUT2D eigenvalue weighted by atomic mass is 35.5. The van der Waals surface area contributed by atoms with Crippen LogP contribution in [0, 0.1) is 5.41 Å². The van der Waals surface area contributed by atoms with Crippen LogP contribution in [0.2, 0.25) is 5.02 Å². The second-order valence-electron chi connectivity index (χ2n) is 7.20. The first kappa shape index (κ1) is 21.2. The van der Waals surface area contributed by atoms with Crippen molar-refractivity contribution < 1.29 is 9.53 Å². The van der Waals surface area contributed by atoms with Crippen LogP contribution >= 0.6 is 11.6 Å². The van der Waals surface area contributed by atoms with Crippen LogP contribution in [0.4, 0.5) is 5.69 Å². The van der Waals surface area contributed by atoms with Crippen LogP contribution in [0.3, 0.4) is 0 Å². The molecule has 1 atom stereocenters. The van der Waals surface area contributed by atoms with Crippen molar-refractivity contribution in [3.63, 3.8) is 0 Å². The van der Waals surface area contributed by atoms with E-state index < -0.39 is 0 Å². The topological polar surface area (TPSA) is 56.6 Å². The predicted octanol–water partition coefficient (Wildman–Crippen LogP) is 4.43. The molecular formula is C23H28ClN3O2. The number of carbonyl (C=O) groups is 1. The van der Waals surface area contributed by atoms with Gasteiger partial charge in [0.2, 0.25) is 5.91 Å². The first-order chi connectivity index (χ1) is 14.1. The van der Waals surface area contributed by atoms with E-state index in [1.165, 1.54) is 11.8 Å². The summed E-state index contributed by atoms with van der Waals surface area (Å²) >= 11 is 5.92. The summed E-state index contributed by atoms with van der Waals surface area (Å²) < 4.78 is 5.97. The largest absolute Gasteiger partial charge is 0.485 e. The Hall–Kier alpha value is -2.53. The van der Waals surface area contributed by atoms with Gasteiger partial charge in [-0.1, -0.05) is 30.7 Å². The summed E-state index contributed by atoms with van der Waals surface area (Å²) in [4.78, 5) is 16.0. The van der Waals surface area contributed by atoms with Crippen molar-refractivity contribution in [3.8, 4) is 5.75 Å². The lowest BCUT2D eigenvalue weighted by atomic mass is 10.1. The van der Waals surface area contributed by atoms with Crippen LogP contribution in [0.5, 0.6) is 5.75 Å². The number of nitrogens with one attached hydrogen (secondary N) is 1. The Morgan fingerprint density at radius 2 is 1.76 bits per heavy atom. The van der Waals surface area contributed by atoms with Crippen LogP contribution in [-0.4, -0.2) is 49.3 Å². The van der Waals surface area contributed by atoms with Crippen LogP contribution in [0.15, 0.2) is 48.5 Å². The molecular weight excluding hydrogens is 386 g/mol. The number of aryl methyl sites for hydroxylation is 1. The highest BCUT2D eigenvalue weighted by Gasteiger charge is 2.20. The van der Waals surface area contributed by atoms with Crippen molar-refractivity contribution in [3.05, 3.63) is 59.1 Å². The van der Waals surface area contributed by atoms with Crippen molar-refractivity contribution in [2.45, 2.75) is 32.3 Å². The number of amides is 1. The Bertz CT molecular complexity index is 800. The number of ether oxygens (including phenoxy) is 1. The normalized spacial score (nSPS) is 15.1. The van der Waals surface area contributed by atoms with Gasteiger partial charge in [0.05, 0.1) is 0 Å². The summed E-state index contributed by atoms with van der Waals surface area (Å²) in [6, 6.07) is 15.8. The van der Waals surface area contributed by atoms with Gasteiger partial charge >= 0.3 is 0 Å². The molecule has 0 spiro atoms. The average Bonchev–Trinajstić information content (AvgIpc) is 2.77. The molecule has 0 radical (unpaired) electrons. The second-order valence-corrected chi connectivity index (χ2v) is 7.64. The number of carbonyl (C=O) groups excluding carboxylic acids is 1. The first-order valence-electron chi connectivity index (χ1n) is 10.1. The second kappa shape index (κ2) is 10.3. The van der Waals surface area contributed by atoms with E-state index in [4.69, 9.17) is 21.7 Å². The van der Waals surface area contributed by atoms with Crippen molar-refractivity contribution in [2.75, 3.05) is 31.1 Å². The molecule has 1 aliphatic heterocycles. The zero-order chi connectivity index (χ0) is 20.6. The van der Waals surface area contributed by atoms with Gasteiger partial charge in [0.15, 0.2) is 0 Å². The van der Waals surface area contributed by atoms with Gasteiger partial charge in [-0.15, -0.1) is 0 Å². The maximum Gasteiger partial charge on any atom is 0.222 e. The van der Waals surface area contributed by atoms with Gasteiger partial charge in [0.25, 0.3) is 0 Å². The molecule has 1 fully saturated rings. The fraction of sp³-hybridized carbons (Fsp3) is 0.391. The summed E-state index contributed by atoms with van der Waals surface area (Å²) in [5.41, 5.74) is 2.31. The number of anilines is 1. The Morgan fingerprint density at radius 3 is 2.34 bits per heavy atom. The first-order valence-corrected chi connectivity index (χ1v) is 10.5. The van der Waals surface area contributed by atoms with E-state index in [0.717, 1.165) is 55.5 Å². The molecule has 0 bridgehead atoms. The van der Waals surface area contributed by atoms with E-state index in [-0.39, 0.29) is 12.0 Å². The number of halogens is 1. The Kier molecular flexibility index (Phi) is 7.53. The van der Waals surface area contributed by atoms with Crippen LogP contribution in [-0.2, 0) is 11.2 Å². The lowest BCUT2D eigenvalue weighted by Crippen LogP contribution is -2.48. The quantitative estimate of drug-likeness (QED) is 0.651. The van der Waals surface area contributed by atoms with Crippen LogP contribution in [0.1, 0.15) is 25.3 Å². The van der Waals surface area contributed by atoms with Gasteiger partial charge in [-0.3, -0.25) is 4.79 Å². The molecule has 0 aromatic heterocycles. The summed E-state index contributed by atoms with van der Waals surface area (Å²) in [5.74, 6) is 0.989. The molecule has 6 heteroatoms. The molecule has 1 heterocycles. The fourth-order valence-corrected chi connectivity index (χ4v) is 3.61. The minimum absolute atomic E-state index is 0.227. The number of hydrogen-bond acceptors (Lipinski definition) is 4. The minimum atomic E-state index is -0.264. The Labute approximate surface area is 177 Å². The van der Waals surface area contributed by atoms with Crippen molar-refractivity contribution in [1.29, 1.82) is 5.41 Å². The van der Waals surface area contributed by atoms with E-state index >= 15 is 0 Å². The third-order valence-corrected chi connectivity index (χ3v) is 5.49. The zero-order valence-corrected chi connectivity index (χ0v) is 17.6. The third-order valence-electron chi connectivity index (χ3n) is 5.24. The molecule has 2 aromatic carbocycles. The SMILES string of the molecule is CCC(=O)N1CCN(c2ccc(OC(C=N)CCc3ccc(Cl)cc3)cc2)CC1. The summed E-state index contributed by atoms with van der Waals surface area (Å²) in [6.45, 7) is 5.13. The molecule has 1 aliphatic rings. The summed E-state index contributed by atoms with van der Waals surface area (Å²) in [7, 11) is 0. The van der Waals surface area contributed by atoms with Gasteiger partial charge < -0.3 is 19.9 Å². The maximum absolute atomic E-state index is 11.8. The van der Waals surface area contributed by atoms with Crippen molar-refractivity contribution in [1.82, 2.24) is 4.90 Å². The monoisotopic (exact) mass is 413 g/mol. The number of benzene rings is 2. The van der Waals surface area contributed by atoms with Crippen molar-refractivity contribution in [2.24, 2.45) is 0 Å². The molecule has 1 N–H and O–H groups in total. The maximum atomic E-state index is 11.8. The van der Waals surface area contributed by atoms with E-state index in [2.05, 4.69) is 4.90 Å². The number of nitrogens with zero attached hydrogens (tertiary/aromatic N) is 2. The standard InChI is InChI=1S/C23H28ClN3O2/c1-2-23(28)27-15-13-26(14-16-27)20-8-11-21(12-9-20)29-22(17-25)10-5-18-3-6-19(24)7-4-18/h3-4,6-9,11-12,17,22,25H,2,5,10,13-16H2,1H3. The summed E-state index contributed by atoms with van der Waals surface area (Å²) in [5, 5.41) is 8.40. The van der Waals surface area contributed by atoms with Crippen molar-refractivity contribution >= 4 is 29.4 Å². The molecule has 5 nitrogen and oxygen atoms in total. The molecule has 0 saturated carbocycles. The highest BCUT2D eigenvalue weighted by molar-refractivity contribution is 6.30. The van der Waals surface area contributed by atoms with Gasteiger partial charge in [-0.25, -0.2) is 0 Å². The highest BCUT2D eigenvalue weighted by Crippen LogP contribution is 2.22. The number of rotatable bonds is 8. The molecule has 29 heavy (non-hydrogen) atoms. The fourth-order valence-electron chi connectivity index (χ4n) is 3.48. The van der Waals surface area contributed by atoms with Crippen LogP contribution < -0.4 is 9.64 Å². The minimum Gasteiger partial charge on any atom is -0.485 e. The molecule has 1 unspecified atom stereocenters. The molecule has 1 saturated heterocycles. The summed E-state index contributed by atoms with van der Waals surface area (Å²) in [6.07, 6.45) is 3.22. The van der Waals surface area contributed by atoms with E-state index in [1.54, 1.807) is 0 Å². The lowest BCUT2D eigenvalue weighted by molar-refractivity contribution is -0.131. The molecule has 1 amide bonds. The molecule has 154 valence electrons. The smallest absolute Gasteiger partial charge is 0.222 e. The lowest BCUT2D eigenvalue weighted by Gasteiger charge is -2.36. The van der Waals surface area contributed by atoms with E-state index in [1.807, 2.05) is 60.4 Å². The molecule has 3 rings (SSSR count). The zero-order valence-electron chi connectivity index (χ0n) is 16.8. The Morgan fingerprint density at radius 1 is 1.10 bits per heavy atom.